The fourth-order valence-electron chi connectivity index (χ4n) is 2.06. The van der Waals surface area contributed by atoms with Gasteiger partial charge in [-0.2, -0.15) is 0 Å². The van der Waals surface area contributed by atoms with Crippen LogP contribution < -0.4 is 5.32 Å². The summed E-state index contributed by atoms with van der Waals surface area (Å²) in [5, 5.41) is 14.1. The van der Waals surface area contributed by atoms with Gasteiger partial charge in [-0.05, 0) is 31.2 Å². The zero-order chi connectivity index (χ0) is 18.4. The number of rotatable bonds is 6. The normalized spacial score (nSPS) is 11.4. The van der Waals surface area contributed by atoms with Crippen molar-refractivity contribution in [3.05, 3.63) is 69.2 Å². The van der Waals surface area contributed by atoms with Gasteiger partial charge < -0.3 is 10.1 Å². The number of anilines is 1. The molecule has 0 unspecified atom stereocenters. The van der Waals surface area contributed by atoms with E-state index in [0.29, 0.717) is 10.7 Å². The Morgan fingerprint density at radius 3 is 2.48 bits per heavy atom. The first kappa shape index (κ1) is 18.4. The monoisotopic (exact) mass is 362 g/mol. The topological polar surface area (TPSA) is 98.5 Å². The Balaban J connectivity index is 1.94. The van der Waals surface area contributed by atoms with Crippen LogP contribution >= 0.6 is 11.6 Å². The molecule has 130 valence electrons. The molecule has 0 spiro atoms. The van der Waals surface area contributed by atoms with E-state index in [1.54, 1.807) is 30.3 Å². The fraction of sp³-hybridized carbons (Fsp3) is 0.176. The maximum absolute atomic E-state index is 12.0. The van der Waals surface area contributed by atoms with E-state index in [1.165, 1.54) is 25.1 Å². The highest BCUT2D eigenvalue weighted by molar-refractivity contribution is 6.30. The predicted molar refractivity (Wildman–Crippen MR) is 92.4 cm³/mol. The van der Waals surface area contributed by atoms with Crippen LogP contribution in [0.3, 0.4) is 0 Å². The molecule has 7 nitrogen and oxygen atoms in total. The van der Waals surface area contributed by atoms with Crippen LogP contribution in [0.25, 0.3) is 0 Å². The Hall–Kier alpha value is -2.93. The second-order valence-electron chi connectivity index (χ2n) is 5.19. The molecule has 0 saturated heterocycles. The van der Waals surface area contributed by atoms with Crippen LogP contribution in [0.5, 0.6) is 0 Å². The number of nitro groups is 1. The Morgan fingerprint density at radius 1 is 1.20 bits per heavy atom. The number of carbonyl (C=O) groups is 2. The van der Waals surface area contributed by atoms with E-state index in [1.807, 2.05) is 0 Å². The van der Waals surface area contributed by atoms with Crippen molar-refractivity contribution in [1.82, 2.24) is 0 Å². The fourth-order valence-corrected chi connectivity index (χ4v) is 2.19. The second-order valence-corrected chi connectivity index (χ2v) is 5.63. The predicted octanol–water partition coefficient (Wildman–Crippen LogP) is 3.36. The number of nitrogens with one attached hydrogen (secondary N) is 1. The number of hydrogen-bond donors (Lipinski definition) is 1. The molecule has 0 aliphatic carbocycles. The molecule has 2 aromatic carbocycles. The van der Waals surface area contributed by atoms with Gasteiger partial charge in [0.1, 0.15) is 0 Å². The van der Waals surface area contributed by atoms with Crippen molar-refractivity contribution in [1.29, 1.82) is 0 Å². The van der Waals surface area contributed by atoms with Crippen LogP contribution in [-0.2, 0) is 20.7 Å². The number of nitrogens with zero attached hydrogens (tertiary/aromatic N) is 1. The maximum Gasteiger partial charge on any atom is 0.311 e. The van der Waals surface area contributed by atoms with Gasteiger partial charge in [-0.1, -0.05) is 29.8 Å². The highest BCUT2D eigenvalue weighted by Crippen LogP contribution is 2.19. The maximum atomic E-state index is 12.0. The lowest BCUT2D eigenvalue weighted by atomic mass is 10.1. The summed E-state index contributed by atoms with van der Waals surface area (Å²) in [5.74, 6) is -1.24. The van der Waals surface area contributed by atoms with E-state index < -0.39 is 22.9 Å². The minimum Gasteiger partial charge on any atom is -0.452 e. The third-order valence-corrected chi connectivity index (χ3v) is 3.56. The number of esters is 1. The number of nitro benzene ring substituents is 1. The van der Waals surface area contributed by atoms with Crippen LogP contribution in [0.2, 0.25) is 5.02 Å². The zero-order valence-corrected chi connectivity index (χ0v) is 14.0. The molecule has 0 heterocycles. The molecule has 0 aliphatic rings. The van der Waals surface area contributed by atoms with Gasteiger partial charge in [-0.15, -0.1) is 0 Å². The third kappa shape index (κ3) is 5.29. The SMILES string of the molecule is C[C@@H](OC(=O)Cc1ccccc1[N+](=O)[O-])C(=O)Nc1ccc(Cl)cc1. The average Bonchev–Trinajstić information content (AvgIpc) is 2.57. The van der Waals surface area contributed by atoms with Crippen molar-refractivity contribution in [2.24, 2.45) is 0 Å². The Morgan fingerprint density at radius 2 is 1.84 bits per heavy atom. The molecule has 1 N–H and O–H groups in total. The molecule has 1 atom stereocenters. The number of amides is 1. The first-order chi connectivity index (χ1) is 11.9. The lowest BCUT2D eigenvalue weighted by molar-refractivity contribution is -0.385. The molecule has 0 radical (unpaired) electrons. The van der Waals surface area contributed by atoms with Gasteiger partial charge in [-0.25, -0.2) is 0 Å². The quantitative estimate of drug-likeness (QED) is 0.482. The lowest BCUT2D eigenvalue weighted by Crippen LogP contribution is -2.30. The summed E-state index contributed by atoms with van der Waals surface area (Å²) in [5.41, 5.74) is 0.566. The van der Waals surface area contributed by atoms with Crippen LogP contribution in [0.1, 0.15) is 12.5 Å². The van der Waals surface area contributed by atoms with E-state index in [0.717, 1.165) is 0 Å². The van der Waals surface area contributed by atoms with Crippen molar-refractivity contribution in [2.75, 3.05) is 5.32 Å². The number of hydrogen-bond acceptors (Lipinski definition) is 5. The number of ether oxygens (including phenoxy) is 1. The number of benzene rings is 2. The van der Waals surface area contributed by atoms with Crippen molar-refractivity contribution < 1.29 is 19.2 Å². The Kier molecular flexibility index (Phi) is 6.08. The molecule has 2 rings (SSSR count). The van der Waals surface area contributed by atoms with Crippen molar-refractivity contribution >= 4 is 34.9 Å². The number of halogens is 1. The highest BCUT2D eigenvalue weighted by atomic mass is 35.5. The largest absolute Gasteiger partial charge is 0.452 e. The molecule has 1 amide bonds. The molecule has 25 heavy (non-hydrogen) atoms. The molecule has 0 saturated carbocycles. The minimum absolute atomic E-state index is 0.169. The summed E-state index contributed by atoms with van der Waals surface area (Å²) in [6.07, 6.45) is -1.35. The molecular formula is C17H15ClN2O5. The smallest absolute Gasteiger partial charge is 0.311 e. The van der Waals surface area contributed by atoms with Gasteiger partial charge in [0.05, 0.1) is 11.3 Å². The highest BCUT2D eigenvalue weighted by Gasteiger charge is 2.21. The number of para-hydroxylation sites is 1. The average molecular weight is 363 g/mol. The Labute approximate surface area is 148 Å². The van der Waals surface area contributed by atoms with Crippen molar-refractivity contribution in [3.8, 4) is 0 Å². The van der Waals surface area contributed by atoms with Gasteiger partial charge in [0.25, 0.3) is 11.6 Å². The molecular weight excluding hydrogens is 348 g/mol. The minimum atomic E-state index is -1.05. The molecule has 0 aromatic heterocycles. The second kappa shape index (κ2) is 8.25. The van der Waals surface area contributed by atoms with Crippen LogP contribution in [-0.4, -0.2) is 22.9 Å². The summed E-state index contributed by atoms with van der Waals surface area (Å²) in [6.45, 7) is 1.42. The summed E-state index contributed by atoms with van der Waals surface area (Å²) in [6, 6.07) is 12.3. The van der Waals surface area contributed by atoms with Gasteiger partial charge >= 0.3 is 5.97 Å². The van der Waals surface area contributed by atoms with Crippen molar-refractivity contribution in [2.45, 2.75) is 19.4 Å². The summed E-state index contributed by atoms with van der Waals surface area (Å²) in [7, 11) is 0. The molecule has 0 bridgehead atoms. The van der Waals surface area contributed by atoms with E-state index in [2.05, 4.69) is 5.32 Å². The lowest BCUT2D eigenvalue weighted by Gasteiger charge is -2.13. The zero-order valence-electron chi connectivity index (χ0n) is 13.3. The van der Waals surface area contributed by atoms with Crippen molar-refractivity contribution in [3.63, 3.8) is 0 Å². The van der Waals surface area contributed by atoms with Crippen LogP contribution in [0, 0.1) is 10.1 Å². The first-order valence-corrected chi connectivity index (χ1v) is 7.73. The van der Waals surface area contributed by atoms with E-state index in [9.17, 15) is 19.7 Å². The van der Waals surface area contributed by atoms with Gasteiger partial charge in [-0.3, -0.25) is 19.7 Å². The standard InChI is InChI=1S/C17H15ClN2O5/c1-11(17(22)19-14-8-6-13(18)7-9-14)25-16(21)10-12-4-2-3-5-15(12)20(23)24/h2-9,11H,10H2,1H3,(H,19,22)/t11-/m1/s1. The summed E-state index contributed by atoms with van der Waals surface area (Å²) >= 11 is 5.76. The van der Waals surface area contributed by atoms with E-state index in [4.69, 9.17) is 16.3 Å². The molecule has 0 fully saturated rings. The van der Waals surface area contributed by atoms with E-state index >= 15 is 0 Å². The molecule has 8 heteroatoms. The molecule has 0 aliphatic heterocycles. The molecule has 2 aromatic rings. The van der Waals surface area contributed by atoms with Gasteiger partial charge in [0.15, 0.2) is 6.10 Å². The summed E-state index contributed by atoms with van der Waals surface area (Å²) in [4.78, 5) is 34.4. The van der Waals surface area contributed by atoms with Crippen LogP contribution in [0.15, 0.2) is 48.5 Å². The Bertz CT molecular complexity index is 792. The van der Waals surface area contributed by atoms with Crippen LogP contribution in [0.4, 0.5) is 11.4 Å². The number of carbonyl (C=O) groups excluding carboxylic acids is 2. The summed E-state index contributed by atoms with van der Waals surface area (Å²) < 4.78 is 5.05. The van der Waals surface area contributed by atoms with Gasteiger partial charge in [0, 0.05) is 22.3 Å². The first-order valence-electron chi connectivity index (χ1n) is 7.35. The third-order valence-electron chi connectivity index (χ3n) is 3.31. The van der Waals surface area contributed by atoms with Gasteiger partial charge in [0.2, 0.25) is 0 Å². The van der Waals surface area contributed by atoms with E-state index in [-0.39, 0.29) is 17.7 Å².